The maximum Gasteiger partial charge on any atom is 0.197 e. The van der Waals surface area contributed by atoms with E-state index < -0.39 is 0 Å². The van der Waals surface area contributed by atoms with E-state index in [2.05, 4.69) is 9.97 Å². The summed E-state index contributed by atoms with van der Waals surface area (Å²) in [5, 5.41) is 0. The lowest BCUT2D eigenvalue weighted by Gasteiger charge is -2.03. The van der Waals surface area contributed by atoms with Crippen molar-refractivity contribution in [3.63, 3.8) is 0 Å². The van der Waals surface area contributed by atoms with E-state index in [-0.39, 0.29) is 5.78 Å². The van der Waals surface area contributed by atoms with Crippen LogP contribution in [0, 0.1) is 0 Å². The molecule has 0 saturated heterocycles. The third kappa shape index (κ3) is 1.50. The summed E-state index contributed by atoms with van der Waals surface area (Å²) in [4.78, 5) is 21.1. The maximum atomic E-state index is 12.4. The Morgan fingerprint density at radius 3 is 2.40 bits per heavy atom. The standard InChI is InChI=1S/C17H10N2O/c20-17-13-7-4-8-18-15(13)16-14(17)9-12(10-19-16)11-5-2-1-3-6-11/h1-10H. The second kappa shape index (κ2) is 4.10. The smallest absolute Gasteiger partial charge is 0.197 e. The molecule has 1 aromatic carbocycles. The average molecular weight is 258 g/mol. The molecule has 3 heteroatoms. The number of carbonyl (C=O) groups is 1. The fourth-order valence-electron chi connectivity index (χ4n) is 2.54. The van der Waals surface area contributed by atoms with Gasteiger partial charge in [-0.3, -0.25) is 14.8 Å². The first-order valence-electron chi connectivity index (χ1n) is 6.40. The molecular weight excluding hydrogens is 248 g/mol. The molecule has 0 unspecified atom stereocenters. The van der Waals surface area contributed by atoms with E-state index >= 15 is 0 Å². The molecule has 3 aromatic rings. The van der Waals surface area contributed by atoms with Gasteiger partial charge in [0.2, 0.25) is 0 Å². The van der Waals surface area contributed by atoms with Crippen molar-refractivity contribution in [2.75, 3.05) is 0 Å². The molecule has 3 nitrogen and oxygen atoms in total. The van der Waals surface area contributed by atoms with Crippen molar-refractivity contribution in [2.24, 2.45) is 0 Å². The van der Waals surface area contributed by atoms with Gasteiger partial charge in [-0.05, 0) is 23.8 Å². The number of nitrogens with zero attached hydrogens (tertiary/aromatic N) is 2. The number of fused-ring (bicyclic) bond motifs is 3. The van der Waals surface area contributed by atoms with Crippen LogP contribution in [0.4, 0.5) is 0 Å². The molecular formula is C17H10N2O. The van der Waals surface area contributed by atoms with Crippen LogP contribution >= 0.6 is 0 Å². The molecule has 20 heavy (non-hydrogen) atoms. The number of benzene rings is 1. The van der Waals surface area contributed by atoms with E-state index in [0.717, 1.165) is 11.1 Å². The number of hydrogen-bond acceptors (Lipinski definition) is 3. The molecule has 0 N–H and O–H groups in total. The van der Waals surface area contributed by atoms with Gasteiger partial charge in [-0.2, -0.15) is 0 Å². The molecule has 1 aliphatic rings. The quantitative estimate of drug-likeness (QED) is 0.526. The van der Waals surface area contributed by atoms with Crippen LogP contribution in [-0.4, -0.2) is 15.8 Å². The van der Waals surface area contributed by atoms with E-state index in [9.17, 15) is 4.79 Å². The van der Waals surface area contributed by atoms with E-state index in [0.29, 0.717) is 22.5 Å². The lowest BCUT2D eigenvalue weighted by molar-refractivity contribution is 0.104. The van der Waals surface area contributed by atoms with Crippen molar-refractivity contribution in [1.29, 1.82) is 0 Å². The van der Waals surface area contributed by atoms with Crippen LogP contribution in [0.25, 0.3) is 22.5 Å². The number of rotatable bonds is 1. The van der Waals surface area contributed by atoms with E-state index in [1.165, 1.54) is 0 Å². The summed E-state index contributed by atoms with van der Waals surface area (Å²) in [6.45, 7) is 0. The van der Waals surface area contributed by atoms with Crippen LogP contribution < -0.4 is 0 Å². The Morgan fingerprint density at radius 1 is 0.750 bits per heavy atom. The second-order valence-electron chi connectivity index (χ2n) is 4.71. The molecule has 0 radical (unpaired) electrons. The summed E-state index contributed by atoms with van der Waals surface area (Å²) in [6.07, 6.45) is 3.49. The zero-order valence-corrected chi connectivity index (χ0v) is 10.6. The summed E-state index contributed by atoms with van der Waals surface area (Å²) in [7, 11) is 0. The van der Waals surface area contributed by atoms with Gasteiger partial charge >= 0.3 is 0 Å². The molecule has 1 aliphatic carbocycles. The third-order valence-corrected chi connectivity index (χ3v) is 3.52. The van der Waals surface area contributed by atoms with Gasteiger partial charge in [0.05, 0.1) is 11.1 Å². The summed E-state index contributed by atoms with van der Waals surface area (Å²) in [6, 6.07) is 15.4. The maximum absolute atomic E-state index is 12.4. The molecule has 0 saturated carbocycles. The van der Waals surface area contributed by atoms with Gasteiger partial charge in [-0.15, -0.1) is 0 Å². The van der Waals surface area contributed by atoms with Crippen LogP contribution in [0.1, 0.15) is 15.9 Å². The Bertz CT molecular complexity index is 825. The van der Waals surface area contributed by atoms with Crippen LogP contribution in [0.3, 0.4) is 0 Å². The van der Waals surface area contributed by atoms with E-state index in [1.54, 1.807) is 24.5 Å². The average Bonchev–Trinajstić information content (AvgIpc) is 2.81. The van der Waals surface area contributed by atoms with Crippen molar-refractivity contribution in [2.45, 2.75) is 0 Å². The number of hydrogen-bond donors (Lipinski definition) is 0. The highest BCUT2D eigenvalue weighted by Gasteiger charge is 2.29. The first kappa shape index (κ1) is 11.1. The first-order chi connectivity index (χ1) is 9.84. The second-order valence-corrected chi connectivity index (χ2v) is 4.71. The molecule has 0 bridgehead atoms. The summed E-state index contributed by atoms with van der Waals surface area (Å²) >= 11 is 0. The lowest BCUT2D eigenvalue weighted by Crippen LogP contribution is -1.96. The van der Waals surface area contributed by atoms with E-state index in [1.807, 2.05) is 36.4 Å². The summed E-state index contributed by atoms with van der Waals surface area (Å²) in [5.74, 6) is 0.00776. The predicted octanol–water partition coefficient (Wildman–Crippen LogP) is 3.36. The largest absolute Gasteiger partial charge is 0.288 e. The summed E-state index contributed by atoms with van der Waals surface area (Å²) < 4.78 is 0. The van der Waals surface area contributed by atoms with Crippen LogP contribution in [0.15, 0.2) is 60.9 Å². The van der Waals surface area contributed by atoms with Crippen molar-refractivity contribution in [3.05, 3.63) is 72.1 Å². The Labute approximate surface area is 116 Å². The van der Waals surface area contributed by atoms with Crippen LogP contribution in [0.2, 0.25) is 0 Å². The van der Waals surface area contributed by atoms with Crippen molar-refractivity contribution in [1.82, 2.24) is 9.97 Å². The number of ketones is 1. The molecule has 94 valence electrons. The van der Waals surface area contributed by atoms with E-state index in [4.69, 9.17) is 0 Å². The van der Waals surface area contributed by atoms with Crippen LogP contribution in [0.5, 0.6) is 0 Å². The van der Waals surface area contributed by atoms with Crippen molar-refractivity contribution in [3.8, 4) is 22.5 Å². The minimum absolute atomic E-state index is 0.00776. The van der Waals surface area contributed by atoms with Gasteiger partial charge < -0.3 is 0 Å². The van der Waals surface area contributed by atoms with Gasteiger partial charge in [-0.25, -0.2) is 0 Å². The Balaban J connectivity index is 1.91. The number of aromatic nitrogens is 2. The minimum Gasteiger partial charge on any atom is -0.288 e. The zero-order valence-electron chi connectivity index (χ0n) is 10.6. The highest BCUT2D eigenvalue weighted by molar-refractivity contribution is 6.20. The Kier molecular flexibility index (Phi) is 2.27. The van der Waals surface area contributed by atoms with Gasteiger partial charge in [0, 0.05) is 18.0 Å². The van der Waals surface area contributed by atoms with Crippen molar-refractivity contribution < 1.29 is 4.79 Å². The summed E-state index contributed by atoms with van der Waals surface area (Å²) in [5.41, 5.74) is 4.66. The van der Waals surface area contributed by atoms with Gasteiger partial charge in [0.25, 0.3) is 0 Å². The number of carbonyl (C=O) groups excluding carboxylic acids is 1. The minimum atomic E-state index is 0.00776. The number of pyridine rings is 2. The molecule has 2 aromatic heterocycles. The fourth-order valence-corrected chi connectivity index (χ4v) is 2.54. The molecule has 0 spiro atoms. The fraction of sp³-hybridized carbons (Fsp3) is 0. The molecule has 4 rings (SSSR count). The third-order valence-electron chi connectivity index (χ3n) is 3.52. The van der Waals surface area contributed by atoms with Crippen LogP contribution in [-0.2, 0) is 0 Å². The molecule has 0 fully saturated rings. The SMILES string of the molecule is O=C1c2cccnc2-c2ncc(-c3ccccc3)cc21. The van der Waals surface area contributed by atoms with Gasteiger partial charge in [0.1, 0.15) is 11.4 Å². The highest BCUT2D eigenvalue weighted by Crippen LogP contribution is 2.35. The molecule has 0 amide bonds. The highest BCUT2D eigenvalue weighted by atomic mass is 16.1. The Hall–Kier alpha value is -2.81. The van der Waals surface area contributed by atoms with Crippen molar-refractivity contribution >= 4 is 5.78 Å². The zero-order chi connectivity index (χ0) is 13.5. The topological polar surface area (TPSA) is 42.9 Å². The van der Waals surface area contributed by atoms with Gasteiger partial charge in [-0.1, -0.05) is 30.3 Å². The molecule has 2 heterocycles. The van der Waals surface area contributed by atoms with Gasteiger partial charge in [0.15, 0.2) is 5.78 Å². The molecule has 0 atom stereocenters. The predicted molar refractivity (Wildman–Crippen MR) is 76.3 cm³/mol. The first-order valence-corrected chi connectivity index (χ1v) is 6.40. The monoisotopic (exact) mass is 258 g/mol. The normalized spacial score (nSPS) is 12.1. The lowest BCUT2D eigenvalue weighted by atomic mass is 10.0. The molecule has 0 aliphatic heterocycles. The Morgan fingerprint density at radius 2 is 1.55 bits per heavy atom.